The van der Waals surface area contributed by atoms with E-state index in [1.54, 1.807) is 0 Å². The summed E-state index contributed by atoms with van der Waals surface area (Å²) in [5.74, 6) is -4.64. The molecular formula is C17H14O8. The molecule has 0 aromatic heterocycles. The molecule has 0 aliphatic heterocycles. The summed E-state index contributed by atoms with van der Waals surface area (Å²) in [4.78, 5) is 25.7. The van der Waals surface area contributed by atoms with Gasteiger partial charge >= 0.3 is 0 Å². The summed E-state index contributed by atoms with van der Waals surface area (Å²) in [5.41, 5.74) is -1.92. The minimum atomic E-state index is -0.939. The molecule has 1 aliphatic carbocycles. The maximum Gasteiger partial charge on any atom is 0.202 e. The molecule has 25 heavy (non-hydrogen) atoms. The number of hydrogen-bond donors (Lipinski definition) is 4. The smallest absolute Gasteiger partial charge is 0.202 e. The van der Waals surface area contributed by atoms with E-state index in [0.717, 1.165) is 6.07 Å². The van der Waals surface area contributed by atoms with Crippen molar-refractivity contribution in [1.29, 1.82) is 0 Å². The number of phenols is 4. The molecule has 0 heterocycles. The predicted octanol–water partition coefficient (Wildman–Crippen LogP) is 1.61. The van der Waals surface area contributed by atoms with Gasteiger partial charge in [-0.15, -0.1) is 0 Å². The van der Waals surface area contributed by atoms with Crippen molar-refractivity contribution >= 4 is 11.6 Å². The summed E-state index contributed by atoms with van der Waals surface area (Å²) in [5, 5.41) is 40.4. The van der Waals surface area contributed by atoms with Crippen molar-refractivity contribution in [2.24, 2.45) is 0 Å². The van der Waals surface area contributed by atoms with Gasteiger partial charge in [0.15, 0.2) is 23.0 Å². The van der Waals surface area contributed by atoms with Crippen LogP contribution in [-0.4, -0.2) is 46.2 Å². The van der Waals surface area contributed by atoms with Gasteiger partial charge in [0.2, 0.25) is 11.6 Å². The van der Waals surface area contributed by atoms with Crippen molar-refractivity contribution in [3.8, 4) is 34.5 Å². The lowest BCUT2D eigenvalue weighted by atomic mass is 9.80. The molecule has 0 radical (unpaired) electrons. The van der Waals surface area contributed by atoms with Crippen LogP contribution >= 0.6 is 0 Å². The molecule has 4 N–H and O–H groups in total. The minimum Gasteiger partial charge on any atom is -0.507 e. The fourth-order valence-corrected chi connectivity index (χ4v) is 2.95. The van der Waals surface area contributed by atoms with E-state index in [0.29, 0.717) is 0 Å². The maximum absolute atomic E-state index is 12.9. The number of benzene rings is 2. The molecule has 0 saturated heterocycles. The Bertz CT molecular complexity index is 958. The second-order valence-corrected chi connectivity index (χ2v) is 5.46. The van der Waals surface area contributed by atoms with Gasteiger partial charge < -0.3 is 29.9 Å². The second kappa shape index (κ2) is 5.30. The number of ketones is 2. The van der Waals surface area contributed by atoms with Crippen molar-refractivity contribution in [3.05, 3.63) is 33.9 Å². The number of carbonyl (C=O) groups is 2. The quantitative estimate of drug-likeness (QED) is 0.406. The minimum absolute atomic E-state index is 0.0163. The van der Waals surface area contributed by atoms with Crippen LogP contribution < -0.4 is 9.47 Å². The summed E-state index contributed by atoms with van der Waals surface area (Å²) in [6.45, 7) is 1.28. The fourth-order valence-electron chi connectivity index (χ4n) is 2.95. The summed E-state index contributed by atoms with van der Waals surface area (Å²) in [6.07, 6.45) is 0. The molecule has 1 aliphatic rings. The zero-order valence-electron chi connectivity index (χ0n) is 13.5. The average molecular weight is 346 g/mol. The van der Waals surface area contributed by atoms with Gasteiger partial charge in [0.1, 0.15) is 11.5 Å². The highest BCUT2D eigenvalue weighted by molar-refractivity contribution is 6.32. The van der Waals surface area contributed by atoms with Crippen LogP contribution in [0.3, 0.4) is 0 Å². The highest BCUT2D eigenvalue weighted by atomic mass is 16.5. The number of hydrogen-bond acceptors (Lipinski definition) is 8. The molecule has 0 fully saturated rings. The van der Waals surface area contributed by atoms with Gasteiger partial charge in [-0.3, -0.25) is 9.59 Å². The SMILES string of the molecule is COc1cc(O)c2c(c1OC)C(=O)c1c(O)c(C)c(O)c(O)c1C2=O. The summed E-state index contributed by atoms with van der Waals surface area (Å²) >= 11 is 0. The second-order valence-electron chi connectivity index (χ2n) is 5.46. The average Bonchev–Trinajstić information content (AvgIpc) is 2.59. The highest BCUT2D eigenvalue weighted by Gasteiger charge is 2.41. The standard InChI is InChI=1S/C17H14O8/c1-5-12(19)9-10(16(23)13(5)20)14(21)8-6(18)4-7(24-2)17(25-3)11(8)15(9)22/h4,18-20,23H,1-3H3. The molecule has 2 aromatic carbocycles. The van der Waals surface area contributed by atoms with E-state index in [2.05, 4.69) is 0 Å². The van der Waals surface area contributed by atoms with Crippen LogP contribution in [0.5, 0.6) is 34.5 Å². The van der Waals surface area contributed by atoms with E-state index in [9.17, 15) is 30.0 Å². The lowest BCUT2D eigenvalue weighted by Crippen LogP contribution is -2.23. The number of carbonyl (C=O) groups excluding carboxylic acids is 2. The Hall–Kier alpha value is -3.42. The van der Waals surface area contributed by atoms with Crippen LogP contribution in [-0.2, 0) is 0 Å². The van der Waals surface area contributed by atoms with Crippen LogP contribution in [0.1, 0.15) is 37.4 Å². The summed E-state index contributed by atoms with van der Waals surface area (Å²) < 4.78 is 10.2. The molecule has 2 aromatic rings. The number of phenolic OH excluding ortho intramolecular Hbond substituents is 4. The Labute approximate surface area is 141 Å². The van der Waals surface area contributed by atoms with Crippen molar-refractivity contribution in [1.82, 2.24) is 0 Å². The number of methoxy groups -OCH3 is 2. The van der Waals surface area contributed by atoms with E-state index in [-0.39, 0.29) is 22.6 Å². The molecule has 0 saturated carbocycles. The predicted molar refractivity (Wildman–Crippen MR) is 84.2 cm³/mol. The topological polar surface area (TPSA) is 134 Å². The van der Waals surface area contributed by atoms with Crippen molar-refractivity contribution in [2.45, 2.75) is 6.92 Å². The largest absolute Gasteiger partial charge is 0.507 e. The monoisotopic (exact) mass is 346 g/mol. The van der Waals surface area contributed by atoms with Gasteiger partial charge in [0, 0.05) is 11.6 Å². The van der Waals surface area contributed by atoms with Crippen LogP contribution in [0, 0.1) is 6.92 Å². The molecule has 130 valence electrons. The first-order chi connectivity index (χ1) is 11.8. The highest BCUT2D eigenvalue weighted by Crippen LogP contribution is 2.50. The van der Waals surface area contributed by atoms with Gasteiger partial charge in [-0.2, -0.15) is 0 Å². The zero-order chi connectivity index (χ0) is 18.6. The van der Waals surface area contributed by atoms with E-state index < -0.39 is 51.3 Å². The number of aromatic hydroxyl groups is 4. The molecular weight excluding hydrogens is 332 g/mol. The van der Waals surface area contributed by atoms with Crippen molar-refractivity contribution in [2.75, 3.05) is 14.2 Å². The van der Waals surface area contributed by atoms with Gasteiger partial charge in [0.25, 0.3) is 0 Å². The molecule has 8 heteroatoms. The Morgan fingerprint density at radius 1 is 0.760 bits per heavy atom. The van der Waals surface area contributed by atoms with Gasteiger partial charge in [-0.25, -0.2) is 0 Å². The first kappa shape index (κ1) is 16.4. The molecule has 0 unspecified atom stereocenters. The van der Waals surface area contributed by atoms with E-state index in [4.69, 9.17) is 9.47 Å². The molecule has 8 nitrogen and oxygen atoms in total. The van der Waals surface area contributed by atoms with Crippen molar-refractivity contribution < 1.29 is 39.5 Å². The normalized spacial score (nSPS) is 12.6. The first-order valence-electron chi connectivity index (χ1n) is 7.10. The molecule has 0 bridgehead atoms. The van der Waals surface area contributed by atoms with Gasteiger partial charge in [-0.05, 0) is 6.92 Å². The Morgan fingerprint density at radius 2 is 1.32 bits per heavy atom. The number of ether oxygens (including phenoxy) is 2. The summed E-state index contributed by atoms with van der Waals surface area (Å²) in [7, 11) is 2.54. The Morgan fingerprint density at radius 3 is 1.88 bits per heavy atom. The Kier molecular flexibility index (Phi) is 3.49. The zero-order valence-corrected chi connectivity index (χ0v) is 13.5. The van der Waals surface area contributed by atoms with E-state index in [1.807, 2.05) is 0 Å². The Balaban J connectivity index is 2.49. The van der Waals surface area contributed by atoms with E-state index in [1.165, 1.54) is 21.1 Å². The van der Waals surface area contributed by atoms with Crippen molar-refractivity contribution in [3.63, 3.8) is 0 Å². The number of rotatable bonds is 2. The third-order valence-corrected chi connectivity index (χ3v) is 4.22. The maximum atomic E-state index is 12.9. The molecule has 0 amide bonds. The third kappa shape index (κ3) is 1.94. The van der Waals surface area contributed by atoms with Crippen LogP contribution in [0.25, 0.3) is 0 Å². The summed E-state index contributed by atoms with van der Waals surface area (Å²) in [6, 6.07) is 1.10. The van der Waals surface area contributed by atoms with Crippen LogP contribution in [0.4, 0.5) is 0 Å². The third-order valence-electron chi connectivity index (χ3n) is 4.22. The van der Waals surface area contributed by atoms with Crippen LogP contribution in [0.15, 0.2) is 6.07 Å². The molecule has 3 rings (SSSR count). The van der Waals surface area contributed by atoms with Gasteiger partial charge in [0.05, 0.1) is 36.5 Å². The van der Waals surface area contributed by atoms with Crippen LogP contribution in [0.2, 0.25) is 0 Å². The van der Waals surface area contributed by atoms with E-state index >= 15 is 0 Å². The fraction of sp³-hybridized carbons (Fsp3) is 0.176. The molecule has 0 atom stereocenters. The van der Waals surface area contributed by atoms with Gasteiger partial charge in [-0.1, -0.05) is 0 Å². The lowest BCUT2D eigenvalue weighted by molar-refractivity contribution is 0.0967. The number of fused-ring (bicyclic) bond motifs is 2. The molecule has 0 spiro atoms. The lowest BCUT2D eigenvalue weighted by Gasteiger charge is -2.24. The first-order valence-corrected chi connectivity index (χ1v) is 7.10.